The Morgan fingerprint density at radius 2 is 1.81 bits per heavy atom. The minimum atomic E-state index is -0.765. The number of likely N-dealkylation sites (tertiary alicyclic amines) is 1. The molecule has 1 N–H and O–H groups in total. The molecule has 1 saturated heterocycles. The third kappa shape index (κ3) is 4.21. The first-order valence-corrected chi connectivity index (χ1v) is 8.50. The molecule has 120 valence electrons. The summed E-state index contributed by atoms with van der Waals surface area (Å²) in [7, 11) is 0. The lowest BCUT2D eigenvalue weighted by molar-refractivity contribution is -0.142. The molecule has 2 aliphatic rings. The van der Waals surface area contributed by atoms with Crippen LogP contribution in [0, 0.1) is 23.7 Å². The molecule has 4 heteroatoms. The molecule has 2 atom stereocenters. The van der Waals surface area contributed by atoms with Gasteiger partial charge in [-0.2, -0.15) is 0 Å². The van der Waals surface area contributed by atoms with Gasteiger partial charge in [0.25, 0.3) is 0 Å². The van der Waals surface area contributed by atoms with Crippen molar-refractivity contribution in [2.24, 2.45) is 23.7 Å². The van der Waals surface area contributed by atoms with Gasteiger partial charge in [0.15, 0.2) is 0 Å². The molecule has 1 aliphatic carbocycles. The molecule has 2 unspecified atom stereocenters. The predicted molar refractivity (Wildman–Crippen MR) is 81.8 cm³/mol. The third-order valence-electron chi connectivity index (χ3n) is 5.28. The summed E-state index contributed by atoms with van der Waals surface area (Å²) in [6, 6.07) is 0. The van der Waals surface area contributed by atoms with E-state index >= 15 is 0 Å². The Morgan fingerprint density at radius 1 is 1.14 bits per heavy atom. The lowest BCUT2D eigenvalue weighted by atomic mass is 9.79. The zero-order valence-corrected chi connectivity index (χ0v) is 13.4. The summed E-state index contributed by atoms with van der Waals surface area (Å²) in [5, 5.41) is 9.08. The predicted octanol–water partition coefficient (Wildman–Crippen LogP) is 3.16. The summed E-state index contributed by atoms with van der Waals surface area (Å²) in [6.07, 6.45) is 8.05. The summed E-state index contributed by atoms with van der Waals surface area (Å²) >= 11 is 0. The van der Waals surface area contributed by atoms with Crippen LogP contribution < -0.4 is 0 Å². The van der Waals surface area contributed by atoms with Gasteiger partial charge < -0.3 is 10.0 Å². The summed E-state index contributed by atoms with van der Waals surface area (Å²) < 4.78 is 0. The summed E-state index contributed by atoms with van der Waals surface area (Å²) in [5.41, 5.74) is 0. The van der Waals surface area contributed by atoms with E-state index in [2.05, 4.69) is 13.8 Å². The first-order valence-electron chi connectivity index (χ1n) is 8.50. The maximum atomic E-state index is 12.8. The molecular weight excluding hydrogens is 266 g/mol. The molecule has 0 spiro atoms. The zero-order chi connectivity index (χ0) is 15.4. The van der Waals surface area contributed by atoms with E-state index in [1.165, 1.54) is 32.1 Å². The molecule has 0 aromatic rings. The summed E-state index contributed by atoms with van der Waals surface area (Å²) in [6.45, 7) is 5.26. The SMILES string of the molecule is CC(C)C(CC1CCCCC1)C(=O)N1CCC(C(=O)O)C1. The Bertz CT molecular complexity index is 374. The highest BCUT2D eigenvalue weighted by Crippen LogP contribution is 2.33. The molecule has 0 aromatic carbocycles. The number of nitrogens with zero attached hydrogens (tertiary/aromatic N) is 1. The lowest BCUT2D eigenvalue weighted by Crippen LogP contribution is -2.38. The Kier molecular flexibility index (Phi) is 5.65. The molecule has 2 rings (SSSR count). The van der Waals surface area contributed by atoms with Crippen LogP contribution in [0.4, 0.5) is 0 Å². The fourth-order valence-corrected chi connectivity index (χ4v) is 3.84. The van der Waals surface area contributed by atoms with Gasteiger partial charge in [-0.15, -0.1) is 0 Å². The van der Waals surface area contributed by atoms with Crippen molar-refractivity contribution < 1.29 is 14.7 Å². The highest BCUT2D eigenvalue weighted by atomic mass is 16.4. The van der Waals surface area contributed by atoms with E-state index in [9.17, 15) is 9.59 Å². The molecule has 0 aromatic heterocycles. The van der Waals surface area contributed by atoms with E-state index in [1.54, 1.807) is 4.90 Å². The van der Waals surface area contributed by atoms with Crippen molar-refractivity contribution in [3.63, 3.8) is 0 Å². The minimum Gasteiger partial charge on any atom is -0.481 e. The van der Waals surface area contributed by atoms with Gasteiger partial charge in [-0.3, -0.25) is 9.59 Å². The Hall–Kier alpha value is -1.06. The quantitative estimate of drug-likeness (QED) is 0.847. The molecule has 1 heterocycles. The van der Waals surface area contributed by atoms with Crippen molar-refractivity contribution in [1.82, 2.24) is 4.90 Å². The van der Waals surface area contributed by atoms with Crippen LogP contribution in [0.1, 0.15) is 58.8 Å². The van der Waals surface area contributed by atoms with Crippen LogP contribution in [0.5, 0.6) is 0 Å². The van der Waals surface area contributed by atoms with Crippen LogP contribution in [-0.2, 0) is 9.59 Å². The van der Waals surface area contributed by atoms with Crippen LogP contribution in [0.15, 0.2) is 0 Å². The molecule has 1 aliphatic heterocycles. The molecule has 0 radical (unpaired) electrons. The summed E-state index contributed by atoms with van der Waals surface area (Å²) in [5.74, 6) is 0.159. The molecule has 2 fully saturated rings. The number of rotatable bonds is 5. The lowest BCUT2D eigenvalue weighted by Gasteiger charge is -2.30. The highest BCUT2D eigenvalue weighted by Gasteiger charge is 2.36. The van der Waals surface area contributed by atoms with Gasteiger partial charge in [0.1, 0.15) is 0 Å². The second kappa shape index (κ2) is 7.28. The van der Waals surface area contributed by atoms with E-state index < -0.39 is 5.97 Å². The first kappa shape index (κ1) is 16.3. The van der Waals surface area contributed by atoms with E-state index in [1.807, 2.05) is 0 Å². The number of carboxylic acids is 1. The fraction of sp³-hybridized carbons (Fsp3) is 0.882. The maximum Gasteiger partial charge on any atom is 0.308 e. The molecule has 1 saturated carbocycles. The first-order chi connectivity index (χ1) is 9.99. The van der Waals surface area contributed by atoms with Crippen molar-refractivity contribution >= 4 is 11.9 Å². The van der Waals surface area contributed by atoms with Crippen molar-refractivity contribution in [2.75, 3.05) is 13.1 Å². The van der Waals surface area contributed by atoms with Crippen LogP contribution >= 0.6 is 0 Å². The largest absolute Gasteiger partial charge is 0.481 e. The smallest absolute Gasteiger partial charge is 0.308 e. The number of hydrogen-bond acceptors (Lipinski definition) is 2. The Balaban J connectivity index is 1.94. The van der Waals surface area contributed by atoms with Gasteiger partial charge in [0.2, 0.25) is 5.91 Å². The number of carbonyl (C=O) groups excluding carboxylic acids is 1. The number of amides is 1. The average Bonchev–Trinajstić information content (AvgIpc) is 2.95. The van der Waals surface area contributed by atoms with E-state index in [-0.39, 0.29) is 17.7 Å². The highest BCUT2D eigenvalue weighted by molar-refractivity contribution is 5.81. The second-order valence-corrected chi connectivity index (χ2v) is 7.20. The average molecular weight is 295 g/mol. The van der Waals surface area contributed by atoms with E-state index in [4.69, 9.17) is 5.11 Å². The number of carboxylic acid groups (broad SMARTS) is 1. The van der Waals surface area contributed by atoms with E-state index in [0.29, 0.717) is 31.3 Å². The zero-order valence-electron chi connectivity index (χ0n) is 13.4. The maximum absolute atomic E-state index is 12.8. The van der Waals surface area contributed by atoms with Gasteiger partial charge in [0, 0.05) is 19.0 Å². The molecule has 0 bridgehead atoms. The number of carbonyl (C=O) groups is 2. The fourth-order valence-electron chi connectivity index (χ4n) is 3.84. The molecule has 4 nitrogen and oxygen atoms in total. The van der Waals surface area contributed by atoms with Crippen LogP contribution in [0.25, 0.3) is 0 Å². The second-order valence-electron chi connectivity index (χ2n) is 7.20. The third-order valence-corrected chi connectivity index (χ3v) is 5.28. The minimum absolute atomic E-state index is 0.0700. The summed E-state index contributed by atoms with van der Waals surface area (Å²) in [4.78, 5) is 25.6. The van der Waals surface area contributed by atoms with Gasteiger partial charge >= 0.3 is 5.97 Å². The topological polar surface area (TPSA) is 57.6 Å². The van der Waals surface area contributed by atoms with E-state index in [0.717, 1.165) is 6.42 Å². The number of aliphatic carboxylic acids is 1. The van der Waals surface area contributed by atoms with Crippen molar-refractivity contribution in [1.29, 1.82) is 0 Å². The molecule has 21 heavy (non-hydrogen) atoms. The number of hydrogen-bond donors (Lipinski definition) is 1. The van der Waals surface area contributed by atoms with Gasteiger partial charge in [-0.25, -0.2) is 0 Å². The van der Waals surface area contributed by atoms with Gasteiger partial charge in [-0.1, -0.05) is 46.0 Å². The van der Waals surface area contributed by atoms with Crippen LogP contribution in [-0.4, -0.2) is 35.0 Å². The van der Waals surface area contributed by atoms with Crippen LogP contribution in [0.3, 0.4) is 0 Å². The normalized spacial score (nSPS) is 25.3. The van der Waals surface area contributed by atoms with Gasteiger partial charge in [0.05, 0.1) is 5.92 Å². The monoisotopic (exact) mass is 295 g/mol. The molecule has 1 amide bonds. The van der Waals surface area contributed by atoms with Crippen molar-refractivity contribution in [3.8, 4) is 0 Å². The Labute approximate surface area is 127 Å². The molecular formula is C17H29NO3. The van der Waals surface area contributed by atoms with Crippen LogP contribution in [0.2, 0.25) is 0 Å². The van der Waals surface area contributed by atoms with Gasteiger partial charge in [-0.05, 0) is 24.7 Å². The Morgan fingerprint density at radius 3 is 2.33 bits per heavy atom. The van der Waals surface area contributed by atoms with Crippen molar-refractivity contribution in [3.05, 3.63) is 0 Å². The standard InChI is InChI=1S/C17H29NO3/c1-12(2)15(10-13-6-4-3-5-7-13)16(19)18-9-8-14(11-18)17(20)21/h12-15H,3-11H2,1-2H3,(H,20,21). The van der Waals surface area contributed by atoms with Crippen molar-refractivity contribution in [2.45, 2.75) is 58.8 Å².